The van der Waals surface area contributed by atoms with Crippen molar-refractivity contribution in [2.75, 3.05) is 13.1 Å². The predicted molar refractivity (Wildman–Crippen MR) is 65.2 cm³/mol. The maximum Gasteiger partial charge on any atom is 0.352 e. The van der Waals surface area contributed by atoms with E-state index in [0.29, 0.717) is 13.1 Å². The Hall–Kier alpha value is -1.34. The van der Waals surface area contributed by atoms with Crippen LogP contribution in [0.25, 0.3) is 0 Å². The number of rotatable bonds is 4. The molecule has 0 saturated carbocycles. The molecule has 0 radical (unpaired) electrons. The van der Waals surface area contributed by atoms with Gasteiger partial charge in [-0.1, -0.05) is 0 Å². The number of aromatic carboxylic acids is 1. The highest BCUT2D eigenvalue weighted by Crippen LogP contribution is 2.25. The second kappa shape index (κ2) is 4.40. The quantitative estimate of drug-likeness (QED) is 0.892. The molecule has 1 aromatic heterocycles. The summed E-state index contributed by atoms with van der Waals surface area (Å²) < 4.78 is 27.1. The van der Waals surface area contributed by atoms with Crippen LogP contribution in [0, 0.1) is 0 Å². The summed E-state index contributed by atoms with van der Waals surface area (Å²) in [5.41, 5.74) is 0.00379. The summed E-state index contributed by atoms with van der Waals surface area (Å²) >= 11 is 0. The van der Waals surface area contributed by atoms with Gasteiger partial charge in [0.25, 0.3) is 0 Å². The molecule has 6 nitrogen and oxygen atoms in total. The van der Waals surface area contributed by atoms with Crippen LogP contribution in [0.1, 0.15) is 36.8 Å². The molecule has 0 bridgehead atoms. The molecular formula is C11H16N2O4S. The third-order valence-electron chi connectivity index (χ3n) is 3.05. The molecule has 18 heavy (non-hydrogen) atoms. The van der Waals surface area contributed by atoms with E-state index in [9.17, 15) is 13.2 Å². The zero-order chi connectivity index (χ0) is 13.5. The number of carbonyl (C=O) groups is 1. The zero-order valence-electron chi connectivity index (χ0n) is 10.3. The van der Waals surface area contributed by atoms with E-state index in [1.165, 1.54) is 21.1 Å². The highest BCUT2D eigenvalue weighted by molar-refractivity contribution is 7.89. The second-order valence-corrected chi connectivity index (χ2v) is 6.56. The van der Waals surface area contributed by atoms with Crippen LogP contribution in [0.4, 0.5) is 0 Å². The lowest BCUT2D eigenvalue weighted by molar-refractivity contribution is 0.0683. The van der Waals surface area contributed by atoms with Gasteiger partial charge in [0.15, 0.2) is 0 Å². The summed E-state index contributed by atoms with van der Waals surface area (Å²) in [7, 11) is -3.52. The molecule has 0 unspecified atom stereocenters. The SMILES string of the molecule is CC(C)n1cc(S(=O)(=O)N2CCC2)cc1C(=O)O. The van der Waals surface area contributed by atoms with Crippen LogP contribution >= 0.6 is 0 Å². The first-order chi connectivity index (χ1) is 8.34. The minimum absolute atomic E-state index is 0.00379. The lowest BCUT2D eigenvalue weighted by Crippen LogP contribution is -2.41. The molecule has 2 rings (SSSR count). The predicted octanol–water partition coefficient (Wildman–Crippen LogP) is 1.16. The molecule has 1 N–H and O–H groups in total. The molecule has 7 heteroatoms. The molecular weight excluding hydrogens is 256 g/mol. The number of carboxylic acid groups (broad SMARTS) is 1. The molecule has 1 saturated heterocycles. The minimum Gasteiger partial charge on any atom is -0.477 e. The number of sulfonamides is 1. The van der Waals surface area contributed by atoms with Crippen molar-refractivity contribution >= 4 is 16.0 Å². The van der Waals surface area contributed by atoms with Gasteiger partial charge in [0, 0.05) is 25.3 Å². The number of hydrogen-bond acceptors (Lipinski definition) is 3. The molecule has 100 valence electrons. The maximum absolute atomic E-state index is 12.1. The van der Waals surface area contributed by atoms with Crippen molar-refractivity contribution < 1.29 is 18.3 Å². The highest BCUT2D eigenvalue weighted by Gasteiger charge is 2.31. The molecule has 0 atom stereocenters. The molecule has 1 aliphatic rings. The Morgan fingerprint density at radius 1 is 1.39 bits per heavy atom. The maximum atomic E-state index is 12.1. The summed E-state index contributed by atoms with van der Waals surface area (Å²) in [4.78, 5) is 11.2. The van der Waals surface area contributed by atoms with Crippen molar-refractivity contribution in [3.8, 4) is 0 Å². The Bertz CT molecular complexity index is 570. The topological polar surface area (TPSA) is 79.6 Å². The summed E-state index contributed by atoms with van der Waals surface area (Å²) in [6.07, 6.45) is 2.26. The van der Waals surface area contributed by atoms with Crippen molar-refractivity contribution in [3.05, 3.63) is 18.0 Å². The van der Waals surface area contributed by atoms with Crippen LogP contribution in [-0.4, -0.2) is 41.5 Å². The molecule has 2 heterocycles. The van der Waals surface area contributed by atoms with Gasteiger partial charge in [0.05, 0.1) is 0 Å². The van der Waals surface area contributed by atoms with Crippen LogP contribution < -0.4 is 0 Å². The van der Waals surface area contributed by atoms with E-state index in [4.69, 9.17) is 5.11 Å². The third-order valence-corrected chi connectivity index (χ3v) is 4.92. The van der Waals surface area contributed by atoms with E-state index in [-0.39, 0.29) is 16.6 Å². The van der Waals surface area contributed by atoms with Crippen molar-refractivity contribution in [1.82, 2.24) is 8.87 Å². The molecule has 0 spiro atoms. The Labute approximate surface area is 106 Å². The van der Waals surface area contributed by atoms with Crippen molar-refractivity contribution in [2.24, 2.45) is 0 Å². The second-order valence-electron chi connectivity index (χ2n) is 4.62. The van der Waals surface area contributed by atoms with Crippen molar-refractivity contribution in [3.63, 3.8) is 0 Å². The Kier molecular flexibility index (Phi) is 3.20. The van der Waals surface area contributed by atoms with Gasteiger partial charge < -0.3 is 9.67 Å². The normalized spacial score (nSPS) is 16.8. The van der Waals surface area contributed by atoms with Gasteiger partial charge in [0.1, 0.15) is 10.6 Å². The average Bonchev–Trinajstić information content (AvgIpc) is 2.58. The highest BCUT2D eigenvalue weighted by atomic mass is 32.2. The summed E-state index contributed by atoms with van der Waals surface area (Å²) in [6, 6.07) is 1.13. The first-order valence-electron chi connectivity index (χ1n) is 5.79. The van der Waals surface area contributed by atoms with E-state index in [1.54, 1.807) is 0 Å². The summed E-state index contributed by atoms with van der Waals surface area (Å²) in [5, 5.41) is 9.07. The number of hydrogen-bond donors (Lipinski definition) is 1. The van der Waals surface area contributed by atoms with Gasteiger partial charge >= 0.3 is 5.97 Å². The van der Waals surface area contributed by atoms with Gasteiger partial charge in [-0.3, -0.25) is 0 Å². The van der Waals surface area contributed by atoms with E-state index in [0.717, 1.165) is 6.42 Å². The van der Waals surface area contributed by atoms with Gasteiger partial charge in [0.2, 0.25) is 10.0 Å². The van der Waals surface area contributed by atoms with Crippen molar-refractivity contribution in [1.29, 1.82) is 0 Å². The smallest absolute Gasteiger partial charge is 0.352 e. The van der Waals surface area contributed by atoms with E-state index in [1.807, 2.05) is 13.8 Å². The van der Waals surface area contributed by atoms with E-state index >= 15 is 0 Å². The van der Waals surface area contributed by atoms with Crippen molar-refractivity contribution in [2.45, 2.75) is 31.2 Å². The first kappa shape index (κ1) is 13.1. The average molecular weight is 272 g/mol. The molecule has 1 aromatic rings. The molecule has 1 aliphatic heterocycles. The lowest BCUT2D eigenvalue weighted by Gasteiger charge is -2.29. The van der Waals surface area contributed by atoms with Crippen LogP contribution in [0.3, 0.4) is 0 Å². The third kappa shape index (κ3) is 2.04. The molecule has 0 aliphatic carbocycles. The van der Waals surface area contributed by atoms with Gasteiger partial charge in [-0.05, 0) is 26.3 Å². The summed E-state index contributed by atoms with van der Waals surface area (Å²) in [6.45, 7) is 4.65. The van der Waals surface area contributed by atoms with Gasteiger partial charge in [-0.2, -0.15) is 4.31 Å². The number of aromatic nitrogens is 1. The van der Waals surface area contributed by atoms with Crippen LogP contribution in [0.15, 0.2) is 17.2 Å². The van der Waals surface area contributed by atoms with Gasteiger partial charge in [-0.25, -0.2) is 13.2 Å². The molecule has 0 aromatic carbocycles. The fraction of sp³-hybridized carbons (Fsp3) is 0.545. The fourth-order valence-electron chi connectivity index (χ4n) is 1.87. The monoisotopic (exact) mass is 272 g/mol. The van der Waals surface area contributed by atoms with Crippen LogP contribution in [-0.2, 0) is 10.0 Å². The fourth-order valence-corrected chi connectivity index (χ4v) is 3.41. The van der Waals surface area contributed by atoms with Gasteiger partial charge in [-0.15, -0.1) is 0 Å². The zero-order valence-corrected chi connectivity index (χ0v) is 11.1. The van der Waals surface area contributed by atoms with Crippen LogP contribution in [0.2, 0.25) is 0 Å². The Balaban J connectivity index is 2.46. The molecule has 1 fully saturated rings. The largest absolute Gasteiger partial charge is 0.477 e. The first-order valence-corrected chi connectivity index (χ1v) is 7.23. The number of nitrogens with zero attached hydrogens (tertiary/aromatic N) is 2. The standard InChI is InChI=1S/C11H16N2O4S/c1-8(2)13-7-9(6-10(13)11(14)15)18(16,17)12-4-3-5-12/h6-8H,3-5H2,1-2H3,(H,14,15). The Morgan fingerprint density at radius 3 is 2.33 bits per heavy atom. The van der Waals surface area contributed by atoms with E-state index < -0.39 is 16.0 Å². The minimum atomic E-state index is -3.52. The van der Waals surface area contributed by atoms with Crippen LogP contribution in [0.5, 0.6) is 0 Å². The summed E-state index contributed by atoms with van der Waals surface area (Å²) in [5.74, 6) is -1.12. The number of carboxylic acids is 1. The molecule has 0 amide bonds. The Morgan fingerprint density at radius 2 is 2.00 bits per heavy atom. The lowest BCUT2D eigenvalue weighted by atomic mass is 10.3. The van der Waals surface area contributed by atoms with E-state index in [2.05, 4.69) is 0 Å².